The predicted molar refractivity (Wildman–Crippen MR) is 109 cm³/mol. The molecular formula is C19H18ClN5O5. The number of guanidine groups is 1. The second-order valence-electron chi connectivity index (χ2n) is 6.79. The fraction of sp³-hybridized carbons (Fsp3) is 0.263. The van der Waals surface area contributed by atoms with E-state index < -0.39 is 29.3 Å². The Morgan fingerprint density at radius 1 is 1.40 bits per heavy atom. The second kappa shape index (κ2) is 8.54. The van der Waals surface area contributed by atoms with Gasteiger partial charge in [0.2, 0.25) is 5.96 Å². The van der Waals surface area contributed by atoms with E-state index in [9.17, 15) is 20.3 Å². The van der Waals surface area contributed by atoms with E-state index in [-0.39, 0.29) is 23.0 Å². The van der Waals surface area contributed by atoms with E-state index in [2.05, 4.69) is 15.6 Å². The number of nitro groups is 1. The first-order valence-electron chi connectivity index (χ1n) is 8.79. The van der Waals surface area contributed by atoms with E-state index in [1.165, 1.54) is 25.1 Å². The van der Waals surface area contributed by atoms with Crippen molar-refractivity contribution in [1.82, 2.24) is 5.32 Å². The van der Waals surface area contributed by atoms with Crippen molar-refractivity contribution in [2.24, 2.45) is 4.99 Å². The van der Waals surface area contributed by atoms with Gasteiger partial charge in [-0.05, 0) is 37.3 Å². The number of benzene rings is 2. The van der Waals surface area contributed by atoms with E-state index >= 15 is 0 Å². The van der Waals surface area contributed by atoms with Crippen molar-refractivity contribution in [3.05, 3.63) is 63.2 Å². The normalized spacial score (nSPS) is 23.0. The second-order valence-corrected chi connectivity index (χ2v) is 7.22. The Bertz CT molecular complexity index is 1020. The summed E-state index contributed by atoms with van der Waals surface area (Å²) in [6.07, 6.45) is 0.391. The largest absolute Gasteiger partial charge is 0.482 e. The van der Waals surface area contributed by atoms with Crippen LogP contribution >= 0.6 is 11.6 Å². The minimum Gasteiger partial charge on any atom is -0.482 e. The Morgan fingerprint density at radius 2 is 2.10 bits per heavy atom. The summed E-state index contributed by atoms with van der Waals surface area (Å²) in [6.45, 7) is 0.969. The van der Waals surface area contributed by atoms with Crippen LogP contribution in [0.2, 0.25) is 5.02 Å². The topological polar surface area (TPSA) is 153 Å². The maximum atomic E-state index is 11.2. The van der Waals surface area contributed by atoms with Gasteiger partial charge in [-0.1, -0.05) is 11.6 Å². The van der Waals surface area contributed by atoms with Gasteiger partial charge in [-0.3, -0.25) is 15.4 Å². The number of hydrogen-bond donors (Lipinski definition) is 4. The molecule has 11 heteroatoms. The number of fused-ring (bicyclic) bond motifs is 1. The molecule has 2 aromatic rings. The summed E-state index contributed by atoms with van der Waals surface area (Å²) >= 11 is 5.88. The number of non-ortho nitro benzene ring substituents is 1. The van der Waals surface area contributed by atoms with Crippen molar-refractivity contribution in [2.75, 3.05) is 11.9 Å². The molecule has 0 aliphatic carbocycles. The number of ether oxygens (including phenoxy) is 1. The lowest BCUT2D eigenvalue weighted by molar-refractivity contribution is -0.385. The standard InChI is InChI=1S/C19H18ClN5O5/c1-19(9-26)17(27)16(14-8-13(25(28)29)6-7-15(14)30-19)24-18(22-10-21)23-12-4-2-11(20)3-5-12/h2-8,16-17,26-27H,9H2,1H3,(H2,22,23,24)/t16-,17-,19+/m0/s1. The van der Waals surface area contributed by atoms with Gasteiger partial charge in [0.25, 0.3) is 5.69 Å². The van der Waals surface area contributed by atoms with E-state index in [1.807, 2.05) is 0 Å². The molecule has 4 N–H and O–H groups in total. The van der Waals surface area contributed by atoms with E-state index in [1.54, 1.807) is 30.5 Å². The third-order valence-electron chi connectivity index (χ3n) is 4.65. The number of hydrogen-bond acceptors (Lipinski definition) is 7. The zero-order valence-corrected chi connectivity index (χ0v) is 16.5. The molecule has 2 aromatic carbocycles. The van der Waals surface area contributed by atoms with Crippen LogP contribution in [0.25, 0.3) is 0 Å². The van der Waals surface area contributed by atoms with Gasteiger partial charge in [0.1, 0.15) is 17.9 Å². The van der Waals surface area contributed by atoms with Gasteiger partial charge in [0.15, 0.2) is 11.8 Å². The van der Waals surface area contributed by atoms with Crippen molar-refractivity contribution in [2.45, 2.75) is 24.7 Å². The fourth-order valence-corrected chi connectivity index (χ4v) is 3.14. The summed E-state index contributed by atoms with van der Waals surface area (Å²) in [4.78, 5) is 15.0. The number of nitrogens with zero attached hydrogens (tertiary/aromatic N) is 3. The molecule has 1 aliphatic rings. The first kappa shape index (κ1) is 21.3. The maximum Gasteiger partial charge on any atom is 0.270 e. The lowest BCUT2D eigenvalue weighted by atomic mass is 9.86. The van der Waals surface area contributed by atoms with Gasteiger partial charge >= 0.3 is 0 Å². The molecule has 0 saturated carbocycles. The third-order valence-corrected chi connectivity index (χ3v) is 4.91. The highest BCUT2D eigenvalue weighted by Gasteiger charge is 2.46. The van der Waals surface area contributed by atoms with Crippen LogP contribution in [0.5, 0.6) is 5.75 Å². The molecule has 0 spiro atoms. The molecule has 0 bridgehead atoms. The van der Waals surface area contributed by atoms with Crippen LogP contribution in [-0.2, 0) is 0 Å². The molecule has 1 aliphatic heterocycles. The minimum atomic E-state index is -1.41. The number of anilines is 1. The monoisotopic (exact) mass is 431 g/mol. The number of nitrogens with one attached hydrogen (secondary N) is 2. The van der Waals surface area contributed by atoms with Gasteiger partial charge in [0.05, 0.1) is 11.5 Å². The molecule has 0 fully saturated rings. The summed E-state index contributed by atoms with van der Waals surface area (Å²) < 4.78 is 5.71. The molecule has 0 aromatic heterocycles. The summed E-state index contributed by atoms with van der Waals surface area (Å²) in [6, 6.07) is 9.42. The Labute approximate surface area is 176 Å². The zero-order valence-electron chi connectivity index (χ0n) is 15.7. The van der Waals surface area contributed by atoms with Crippen LogP contribution in [0, 0.1) is 21.6 Å². The van der Waals surface area contributed by atoms with Crippen LogP contribution < -0.4 is 15.4 Å². The van der Waals surface area contributed by atoms with Crippen LogP contribution in [0.1, 0.15) is 18.5 Å². The highest BCUT2D eigenvalue weighted by atomic mass is 35.5. The molecule has 0 radical (unpaired) electrons. The number of aliphatic imine (C=N–C) groups is 1. The first-order chi connectivity index (χ1) is 14.3. The fourth-order valence-electron chi connectivity index (χ4n) is 3.01. The van der Waals surface area contributed by atoms with Crippen LogP contribution in [-0.4, -0.2) is 39.4 Å². The Morgan fingerprint density at radius 3 is 2.70 bits per heavy atom. The average molecular weight is 432 g/mol. The number of nitriles is 1. The maximum absolute atomic E-state index is 11.2. The predicted octanol–water partition coefficient (Wildman–Crippen LogP) is 2.33. The summed E-state index contributed by atoms with van der Waals surface area (Å²) in [5.41, 5.74) is -0.808. The SMILES string of the molecule is C[C@]1(CO)Oc2ccc([N+](=O)[O-])cc2[C@H](N=C(NC#N)Nc2ccc(Cl)cc2)[C@@H]1O. The average Bonchev–Trinajstić information content (AvgIpc) is 2.72. The van der Waals surface area contributed by atoms with Crippen molar-refractivity contribution >= 4 is 28.9 Å². The van der Waals surface area contributed by atoms with Crippen molar-refractivity contribution in [3.8, 4) is 11.9 Å². The van der Waals surface area contributed by atoms with Crippen LogP contribution in [0.15, 0.2) is 47.5 Å². The Kier molecular flexibility index (Phi) is 6.07. The Hall–Kier alpha value is -3.39. The Balaban J connectivity index is 2.07. The highest BCUT2D eigenvalue weighted by molar-refractivity contribution is 6.30. The molecule has 0 saturated heterocycles. The van der Waals surface area contributed by atoms with E-state index in [0.717, 1.165) is 0 Å². The lowest BCUT2D eigenvalue weighted by Gasteiger charge is -2.41. The molecule has 0 unspecified atom stereocenters. The third kappa shape index (κ3) is 4.28. The molecule has 0 amide bonds. The van der Waals surface area contributed by atoms with Crippen molar-refractivity contribution < 1.29 is 19.9 Å². The number of halogens is 1. The van der Waals surface area contributed by atoms with Crippen molar-refractivity contribution in [1.29, 1.82) is 5.26 Å². The number of rotatable bonds is 4. The summed E-state index contributed by atoms with van der Waals surface area (Å²) in [7, 11) is 0. The number of aliphatic hydroxyl groups is 2. The molecule has 3 atom stereocenters. The number of aliphatic hydroxyl groups excluding tert-OH is 2. The molecular weight excluding hydrogens is 414 g/mol. The van der Waals surface area contributed by atoms with Crippen LogP contribution in [0.3, 0.4) is 0 Å². The van der Waals surface area contributed by atoms with Gasteiger partial charge in [-0.15, -0.1) is 0 Å². The molecule has 1 heterocycles. The van der Waals surface area contributed by atoms with Gasteiger partial charge in [-0.2, -0.15) is 5.26 Å². The number of nitro benzene ring substituents is 1. The van der Waals surface area contributed by atoms with E-state index in [4.69, 9.17) is 21.6 Å². The smallest absolute Gasteiger partial charge is 0.270 e. The molecule has 3 rings (SSSR count). The quantitative estimate of drug-likeness (QED) is 0.144. The van der Waals surface area contributed by atoms with Crippen molar-refractivity contribution in [3.63, 3.8) is 0 Å². The lowest BCUT2D eigenvalue weighted by Crippen LogP contribution is -2.53. The molecule has 10 nitrogen and oxygen atoms in total. The first-order valence-corrected chi connectivity index (χ1v) is 9.17. The molecule has 156 valence electrons. The highest BCUT2D eigenvalue weighted by Crippen LogP contribution is 2.43. The molecule has 30 heavy (non-hydrogen) atoms. The van der Waals surface area contributed by atoms with Gasteiger partial charge in [0, 0.05) is 28.4 Å². The zero-order chi connectivity index (χ0) is 21.9. The van der Waals surface area contributed by atoms with Gasteiger partial charge < -0.3 is 20.3 Å². The van der Waals surface area contributed by atoms with Gasteiger partial charge in [-0.25, -0.2) is 4.99 Å². The summed E-state index contributed by atoms with van der Waals surface area (Å²) in [5, 5.41) is 46.7. The minimum absolute atomic E-state index is 0.0106. The van der Waals surface area contributed by atoms with Crippen LogP contribution in [0.4, 0.5) is 11.4 Å². The summed E-state index contributed by atoms with van der Waals surface area (Å²) in [5.74, 6) is 0.225. The van der Waals surface area contributed by atoms with E-state index in [0.29, 0.717) is 10.7 Å².